The fourth-order valence-electron chi connectivity index (χ4n) is 3.22. The molecule has 26 heavy (non-hydrogen) atoms. The number of benzene rings is 1. The van der Waals surface area contributed by atoms with E-state index < -0.39 is 0 Å². The summed E-state index contributed by atoms with van der Waals surface area (Å²) in [6.07, 6.45) is 6.07. The average molecular weight is 364 g/mol. The van der Waals surface area contributed by atoms with Crippen molar-refractivity contribution in [1.82, 2.24) is 20.2 Å². The number of nitrogens with one attached hydrogen (secondary N) is 1. The summed E-state index contributed by atoms with van der Waals surface area (Å²) in [5, 5.41) is 4.34. The van der Waals surface area contributed by atoms with Gasteiger partial charge in [-0.25, -0.2) is 4.98 Å². The molecule has 0 radical (unpaired) electrons. The SMILES string of the molecule is O=C(c1cnc(Cc2ccccc2)s1)N1CCNCC1c1cccnc1. The van der Waals surface area contributed by atoms with E-state index in [0.29, 0.717) is 11.4 Å². The molecular weight excluding hydrogens is 344 g/mol. The molecule has 5 nitrogen and oxygen atoms in total. The molecule has 1 aliphatic heterocycles. The largest absolute Gasteiger partial charge is 0.328 e. The molecule has 1 aliphatic rings. The quantitative estimate of drug-likeness (QED) is 0.773. The highest BCUT2D eigenvalue weighted by Gasteiger charge is 2.29. The highest BCUT2D eigenvalue weighted by Crippen LogP contribution is 2.26. The Kier molecular flexibility index (Phi) is 5.04. The van der Waals surface area contributed by atoms with Crippen molar-refractivity contribution >= 4 is 17.2 Å². The minimum atomic E-state index is 0.00428. The Labute approximate surface area is 156 Å². The molecule has 1 unspecified atom stereocenters. The summed E-state index contributed by atoms with van der Waals surface area (Å²) in [6, 6.07) is 14.2. The molecule has 1 N–H and O–H groups in total. The first-order valence-corrected chi connectivity index (χ1v) is 9.53. The molecule has 6 heteroatoms. The third-order valence-corrected chi connectivity index (χ3v) is 5.52. The van der Waals surface area contributed by atoms with E-state index in [-0.39, 0.29) is 11.9 Å². The van der Waals surface area contributed by atoms with Crippen molar-refractivity contribution in [2.75, 3.05) is 19.6 Å². The van der Waals surface area contributed by atoms with Crippen molar-refractivity contribution in [3.05, 3.63) is 82.1 Å². The smallest absolute Gasteiger partial charge is 0.266 e. The fraction of sp³-hybridized carbons (Fsp3) is 0.250. The van der Waals surface area contributed by atoms with Crippen LogP contribution in [0.25, 0.3) is 0 Å². The molecule has 0 aliphatic carbocycles. The fourth-order valence-corrected chi connectivity index (χ4v) is 4.13. The molecule has 1 aromatic carbocycles. The second kappa shape index (κ2) is 7.76. The lowest BCUT2D eigenvalue weighted by Crippen LogP contribution is -2.48. The van der Waals surface area contributed by atoms with Gasteiger partial charge in [0, 0.05) is 38.4 Å². The number of piperazine rings is 1. The van der Waals surface area contributed by atoms with E-state index in [0.717, 1.165) is 30.1 Å². The van der Waals surface area contributed by atoms with Gasteiger partial charge in [-0.05, 0) is 17.2 Å². The lowest BCUT2D eigenvalue weighted by atomic mass is 10.1. The molecule has 1 atom stereocenters. The van der Waals surface area contributed by atoms with Gasteiger partial charge in [-0.15, -0.1) is 11.3 Å². The molecule has 3 aromatic rings. The highest BCUT2D eigenvalue weighted by atomic mass is 32.1. The number of hydrogen-bond donors (Lipinski definition) is 1. The second-order valence-corrected chi connectivity index (χ2v) is 7.40. The first-order chi connectivity index (χ1) is 12.8. The third kappa shape index (κ3) is 3.66. The van der Waals surface area contributed by atoms with Crippen molar-refractivity contribution in [3.8, 4) is 0 Å². The first-order valence-electron chi connectivity index (χ1n) is 8.71. The Morgan fingerprint density at radius 2 is 2.08 bits per heavy atom. The van der Waals surface area contributed by atoms with Crippen molar-refractivity contribution in [3.63, 3.8) is 0 Å². The molecule has 3 heterocycles. The van der Waals surface area contributed by atoms with Crippen LogP contribution >= 0.6 is 11.3 Å². The maximum atomic E-state index is 13.1. The Bertz CT molecular complexity index is 866. The summed E-state index contributed by atoms with van der Waals surface area (Å²) in [5.74, 6) is 0.0529. The van der Waals surface area contributed by atoms with E-state index in [1.54, 1.807) is 12.4 Å². The summed E-state index contributed by atoms with van der Waals surface area (Å²) in [7, 11) is 0. The highest BCUT2D eigenvalue weighted by molar-refractivity contribution is 7.13. The van der Waals surface area contributed by atoms with E-state index in [1.807, 2.05) is 41.4 Å². The molecular formula is C20H20N4OS. The molecule has 132 valence electrons. The molecule has 0 spiro atoms. The van der Waals surface area contributed by atoms with Crippen LogP contribution in [0.3, 0.4) is 0 Å². The van der Waals surface area contributed by atoms with Crippen molar-refractivity contribution < 1.29 is 4.79 Å². The van der Waals surface area contributed by atoms with Gasteiger partial charge in [0.15, 0.2) is 0 Å². The van der Waals surface area contributed by atoms with E-state index in [1.165, 1.54) is 16.9 Å². The van der Waals surface area contributed by atoms with E-state index in [4.69, 9.17) is 0 Å². The van der Waals surface area contributed by atoms with Gasteiger partial charge in [0.05, 0.1) is 17.2 Å². The number of carbonyl (C=O) groups excluding carboxylic acids is 1. The predicted octanol–water partition coefficient (Wildman–Crippen LogP) is 2.92. The Morgan fingerprint density at radius 3 is 2.88 bits per heavy atom. The van der Waals surface area contributed by atoms with Gasteiger partial charge in [-0.1, -0.05) is 36.4 Å². The zero-order chi connectivity index (χ0) is 17.8. The molecule has 1 saturated heterocycles. The van der Waals surface area contributed by atoms with Crippen LogP contribution < -0.4 is 5.32 Å². The second-order valence-electron chi connectivity index (χ2n) is 6.29. The normalized spacial score (nSPS) is 17.2. The zero-order valence-electron chi connectivity index (χ0n) is 14.3. The van der Waals surface area contributed by atoms with E-state index in [9.17, 15) is 4.79 Å². The Hall–Kier alpha value is -2.57. The van der Waals surface area contributed by atoms with E-state index in [2.05, 4.69) is 27.4 Å². The van der Waals surface area contributed by atoms with Crippen molar-refractivity contribution in [2.45, 2.75) is 12.5 Å². The number of hydrogen-bond acceptors (Lipinski definition) is 5. The molecule has 1 fully saturated rings. The van der Waals surface area contributed by atoms with Crippen molar-refractivity contribution in [1.29, 1.82) is 0 Å². The molecule has 1 amide bonds. The molecule has 0 saturated carbocycles. The number of thiazole rings is 1. The third-order valence-electron chi connectivity index (χ3n) is 4.54. The summed E-state index contributed by atoms with van der Waals surface area (Å²) in [6.45, 7) is 2.23. The summed E-state index contributed by atoms with van der Waals surface area (Å²) in [5.41, 5.74) is 2.26. The van der Waals surface area contributed by atoms with Gasteiger partial charge in [0.1, 0.15) is 4.88 Å². The first kappa shape index (κ1) is 16.9. The van der Waals surface area contributed by atoms with Gasteiger partial charge in [-0.2, -0.15) is 0 Å². The van der Waals surface area contributed by atoms with Gasteiger partial charge < -0.3 is 10.2 Å². The van der Waals surface area contributed by atoms with Crippen LogP contribution in [0.4, 0.5) is 0 Å². The number of aromatic nitrogens is 2. The van der Waals surface area contributed by atoms with Crippen molar-refractivity contribution in [2.24, 2.45) is 0 Å². The van der Waals surface area contributed by atoms with Crippen LogP contribution in [0.1, 0.15) is 31.8 Å². The maximum Gasteiger partial charge on any atom is 0.266 e. The van der Waals surface area contributed by atoms with Gasteiger partial charge in [-0.3, -0.25) is 9.78 Å². The number of amides is 1. The van der Waals surface area contributed by atoms with Gasteiger partial charge in [0.2, 0.25) is 0 Å². The van der Waals surface area contributed by atoms with E-state index >= 15 is 0 Å². The van der Waals surface area contributed by atoms with Gasteiger partial charge in [0.25, 0.3) is 5.91 Å². The summed E-state index contributed by atoms with van der Waals surface area (Å²) >= 11 is 1.49. The lowest BCUT2D eigenvalue weighted by molar-refractivity contribution is 0.0639. The molecule has 4 rings (SSSR count). The molecule has 2 aromatic heterocycles. The number of carbonyl (C=O) groups is 1. The van der Waals surface area contributed by atoms with Crippen LogP contribution in [-0.2, 0) is 6.42 Å². The van der Waals surface area contributed by atoms with Crippen LogP contribution in [0.5, 0.6) is 0 Å². The number of rotatable bonds is 4. The van der Waals surface area contributed by atoms with Gasteiger partial charge >= 0.3 is 0 Å². The summed E-state index contributed by atoms with van der Waals surface area (Å²) in [4.78, 5) is 24.4. The predicted molar refractivity (Wildman–Crippen MR) is 102 cm³/mol. The Balaban J connectivity index is 1.53. The summed E-state index contributed by atoms with van der Waals surface area (Å²) < 4.78 is 0. The minimum absolute atomic E-state index is 0.00428. The zero-order valence-corrected chi connectivity index (χ0v) is 15.2. The minimum Gasteiger partial charge on any atom is -0.328 e. The average Bonchev–Trinajstić information content (AvgIpc) is 3.17. The van der Waals surface area contributed by atoms with Crippen LogP contribution in [0, 0.1) is 0 Å². The Morgan fingerprint density at radius 1 is 1.19 bits per heavy atom. The monoisotopic (exact) mass is 364 g/mol. The molecule has 0 bridgehead atoms. The van der Waals surface area contributed by atoms with Crippen LogP contribution in [-0.4, -0.2) is 40.4 Å². The van der Waals surface area contributed by atoms with Crippen LogP contribution in [0.2, 0.25) is 0 Å². The standard InChI is InChI=1S/C20H20N4OS/c25-20(18-14-23-19(26-18)11-15-5-2-1-3-6-15)24-10-9-22-13-17(24)16-7-4-8-21-12-16/h1-8,12,14,17,22H,9-11,13H2. The lowest BCUT2D eigenvalue weighted by Gasteiger charge is -2.36. The number of nitrogens with zero attached hydrogens (tertiary/aromatic N) is 3. The number of pyridine rings is 1. The maximum absolute atomic E-state index is 13.1. The topological polar surface area (TPSA) is 58.1 Å². The van der Waals surface area contributed by atoms with Crippen LogP contribution in [0.15, 0.2) is 61.1 Å².